The Balaban J connectivity index is 1.61. The Bertz CT molecular complexity index is 1140. The molecule has 4 rings (SSSR count). The molecule has 4 nitrogen and oxygen atoms in total. The van der Waals surface area contributed by atoms with Crippen molar-refractivity contribution in [3.63, 3.8) is 0 Å². The number of hydrogen-bond acceptors (Lipinski definition) is 3. The summed E-state index contributed by atoms with van der Waals surface area (Å²) in [5, 5.41) is 11.5. The third kappa shape index (κ3) is 4.27. The SMILES string of the molecule is CC(C)c1ccc(C(=O)C[C@@]2(O)C(=O)N(CCc3ccccc3)c3ccc(Br)cc32)cc1. The van der Waals surface area contributed by atoms with Crippen LogP contribution in [0.1, 0.15) is 53.2 Å². The summed E-state index contributed by atoms with van der Waals surface area (Å²) in [6.45, 7) is 4.61. The lowest BCUT2D eigenvalue weighted by Crippen LogP contribution is -2.42. The van der Waals surface area contributed by atoms with Crippen LogP contribution in [-0.4, -0.2) is 23.3 Å². The summed E-state index contributed by atoms with van der Waals surface area (Å²) >= 11 is 3.44. The average Bonchev–Trinajstić information content (AvgIpc) is 2.99. The lowest BCUT2D eigenvalue weighted by Gasteiger charge is -2.23. The highest BCUT2D eigenvalue weighted by Gasteiger charge is 2.50. The van der Waals surface area contributed by atoms with Crippen molar-refractivity contribution >= 4 is 33.3 Å². The van der Waals surface area contributed by atoms with Crippen LogP contribution >= 0.6 is 15.9 Å². The van der Waals surface area contributed by atoms with E-state index in [1.165, 1.54) is 0 Å². The molecule has 0 saturated carbocycles. The van der Waals surface area contributed by atoms with Crippen LogP contribution in [0.2, 0.25) is 0 Å². The molecule has 3 aromatic carbocycles. The monoisotopic (exact) mass is 491 g/mol. The van der Waals surface area contributed by atoms with Crippen molar-refractivity contribution in [2.24, 2.45) is 0 Å². The van der Waals surface area contributed by atoms with Gasteiger partial charge in [0.1, 0.15) is 0 Å². The van der Waals surface area contributed by atoms with E-state index in [0.29, 0.717) is 35.7 Å². The standard InChI is InChI=1S/C27H26BrNO3/c1-18(2)20-8-10-21(11-9-20)25(30)17-27(32)23-16-22(28)12-13-24(23)29(26(27)31)15-14-19-6-4-3-5-7-19/h3-13,16,18,32H,14-15,17H2,1-2H3/t27-/m0/s1. The summed E-state index contributed by atoms with van der Waals surface area (Å²) in [6, 6.07) is 22.7. The Morgan fingerprint density at radius 3 is 2.38 bits per heavy atom. The lowest BCUT2D eigenvalue weighted by atomic mass is 9.87. The fourth-order valence-corrected chi connectivity index (χ4v) is 4.55. The maximum Gasteiger partial charge on any atom is 0.264 e. The predicted molar refractivity (Wildman–Crippen MR) is 130 cm³/mol. The topological polar surface area (TPSA) is 57.6 Å². The molecule has 0 spiro atoms. The number of benzene rings is 3. The lowest BCUT2D eigenvalue weighted by molar-refractivity contribution is -0.135. The Morgan fingerprint density at radius 1 is 1.03 bits per heavy atom. The van der Waals surface area contributed by atoms with Crippen LogP contribution in [0.4, 0.5) is 5.69 Å². The predicted octanol–water partition coefficient (Wildman–Crippen LogP) is 5.62. The van der Waals surface area contributed by atoms with E-state index in [4.69, 9.17) is 0 Å². The van der Waals surface area contributed by atoms with Crippen LogP contribution in [-0.2, 0) is 16.8 Å². The second-order valence-electron chi connectivity index (χ2n) is 8.59. The largest absolute Gasteiger partial charge is 0.375 e. The Morgan fingerprint density at radius 2 is 1.72 bits per heavy atom. The first-order chi connectivity index (χ1) is 15.3. The van der Waals surface area contributed by atoms with Gasteiger partial charge < -0.3 is 10.0 Å². The summed E-state index contributed by atoms with van der Waals surface area (Å²) < 4.78 is 0.751. The Hall–Kier alpha value is -2.76. The normalized spacial score (nSPS) is 17.7. The number of halogens is 1. The van der Waals surface area contributed by atoms with Crippen LogP contribution < -0.4 is 4.90 Å². The number of Topliss-reactive ketones (excluding diaryl/α,β-unsaturated/α-hetero) is 1. The smallest absolute Gasteiger partial charge is 0.264 e. The molecule has 164 valence electrons. The molecule has 0 saturated heterocycles. The molecule has 0 aliphatic carbocycles. The maximum atomic E-state index is 13.4. The molecule has 3 aromatic rings. The molecule has 0 aromatic heterocycles. The Kier molecular flexibility index (Phi) is 6.31. The Labute approximate surface area is 197 Å². The zero-order valence-electron chi connectivity index (χ0n) is 18.2. The van der Waals surface area contributed by atoms with Gasteiger partial charge in [-0.2, -0.15) is 0 Å². The third-order valence-corrected chi connectivity index (χ3v) is 6.57. The van der Waals surface area contributed by atoms with E-state index in [1.807, 2.05) is 54.6 Å². The first-order valence-electron chi connectivity index (χ1n) is 10.8. The van der Waals surface area contributed by atoms with Crippen LogP contribution in [0.15, 0.2) is 77.3 Å². The average molecular weight is 492 g/mol. The van der Waals surface area contributed by atoms with Gasteiger partial charge in [-0.25, -0.2) is 0 Å². The molecular formula is C27H26BrNO3. The van der Waals surface area contributed by atoms with Gasteiger partial charge in [0.25, 0.3) is 5.91 Å². The van der Waals surface area contributed by atoms with Crippen LogP contribution in [0, 0.1) is 0 Å². The number of nitrogens with zero attached hydrogens (tertiary/aromatic N) is 1. The minimum atomic E-state index is -1.89. The molecule has 1 aliphatic heterocycles. The molecular weight excluding hydrogens is 466 g/mol. The second-order valence-corrected chi connectivity index (χ2v) is 9.51. The molecule has 1 N–H and O–H groups in total. The van der Waals surface area contributed by atoms with Crippen molar-refractivity contribution in [1.82, 2.24) is 0 Å². The molecule has 1 atom stereocenters. The highest BCUT2D eigenvalue weighted by molar-refractivity contribution is 9.10. The first kappa shape index (κ1) is 22.4. The molecule has 1 amide bonds. The number of hydrogen-bond donors (Lipinski definition) is 1. The van der Waals surface area contributed by atoms with Gasteiger partial charge in [-0.15, -0.1) is 0 Å². The van der Waals surface area contributed by atoms with Gasteiger partial charge in [0.15, 0.2) is 11.4 Å². The van der Waals surface area contributed by atoms with Crippen LogP contribution in [0.25, 0.3) is 0 Å². The van der Waals surface area contributed by atoms with Crippen LogP contribution in [0.5, 0.6) is 0 Å². The van der Waals surface area contributed by atoms with Gasteiger partial charge >= 0.3 is 0 Å². The second kappa shape index (κ2) is 9.00. The minimum absolute atomic E-state index is 0.257. The fraction of sp³-hybridized carbons (Fsp3) is 0.259. The van der Waals surface area contributed by atoms with E-state index in [9.17, 15) is 14.7 Å². The van der Waals surface area contributed by atoms with Crippen LogP contribution in [0.3, 0.4) is 0 Å². The molecule has 1 heterocycles. The van der Waals surface area contributed by atoms with Gasteiger partial charge in [0, 0.05) is 22.1 Å². The zero-order chi connectivity index (χ0) is 22.9. The zero-order valence-corrected chi connectivity index (χ0v) is 19.8. The summed E-state index contributed by atoms with van der Waals surface area (Å²) in [6.07, 6.45) is 0.362. The van der Waals surface area contributed by atoms with Crippen molar-refractivity contribution in [3.05, 3.63) is 99.5 Å². The number of fused-ring (bicyclic) bond motifs is 1. The third-order valence-electron chi connectivity index (χ3n) is 6.08. The maximum absolute atomic E-state index is 13.4. The highest BCUT2D eigenvalue weighted by Crippen LogP contribution is 2.44. The van der Waals surface area contributed by atoms with E-state index in [1.54, 1.807) is 23.1 Å². The number of anilines is 1. The fourth-order valence-electron chi connectivity index (χ4n) is 4.19. The highest BCUT2D eigenvalue weighted by atomic mass is 79.9. The van der Waals surface area contributed by atoms with Crippen molar-refractivity contribution in [1.29, 1.82) is 0 Å². The van der Waals surface area contributed by atoms with E-state index >= 15 is 0 Å². The number of carbonyl (C=O) groups excluding carboxylic acids is 2. The van der Waals surface area contributed by atoms with E-state index in [-0.39, 0.29) is 12.2 Å². The molecule has 0 fully saturated rings. The molecule has 0 unspecified atom stereocenters. The molecule has 0 radical (unpaired) electrons. The van der Waals surface area contributed by atoms with Crippen molar-refractivity contribution in [2.45, 2.75) is 38.2 Å². The van der Waals surface area contributed by atoms with Crippen molar-refractivity contribution in [2.75, 3.05) is 11.4 Å². The quantitative estimate of drug-likeness (QED) is 0.436. The molecule has 0 bridgehead atoms. The summed E-state index contributed by atoms with van der Waals surface area (Å²) in [4.78, 5) is 28.1. The summed E-state index contributed by atoms with van der Waals surface area (Å²) in [5.41, 5.74) is 1.98. The molecule has 5 heteroatoms. The van der Waals surface area contributed by atoms with Gasteiger partial charge in [0.2, 0.25) is 0 Å². The number of ketones is 1. The van der Waals surface area contributed by atoms with E-state index in [0.717, 1.165) is 15.6 Å². The number of carbonyl (C=O) groups is 2. The molecule has 32 heavy (non-hydrogen) atoms. The summed E-state index contributed by atoms with van der Waals surface area (Å²) in [5.74, 6) is -0.345. The number of rotatable bonds is 7. The van der Waals surface area contributed by atoms with Crippen molar-refractivity contribution < 1.29 is 14.7 Å². The number of amides is 1. The minimum Gasteiger partial charge on any atom is -0.375 e. The first-order valence-corrected chi connectivity index (χ1v) is 11.6. The van der Waals surface area contributed by atoms with Gasteiger partial charge in [-0.1, -0.05) is 84.4 Å². The van der Waals surface area contributed by atoms with Gasteiger partial charge in [-0.05, 0) is 41.7 Å². The number of aliphatic hydroxyl groups is 1. The molecule has 1 aliphatic rings. The van der Waals surface area contributed by atoms with E-state index < -0.39 is 11.5 Å². The summed E-state index contributed by atoms with van der Waals surface area (Å²) in [7, 11) is 0. The van der Waals surface area contributed by atoms with Gasteiger partial charge in [-0.3, -0.25) is 9.59 Å². The van der Waals surface area contributed by atoms with E-state index in [2.05, 4.69) is 29.8 Å². The van der Waals surface area contributed by atoms with Crippen molar-refractivity contribution in [3.8, 4) is 0 Å². The van der Waals surface area contributed by atoms with Gasteiger partial charge in [0.05, 0.1) is 12.1 Å².